The van der Waals surface area contributed by atoms with Crippen LogP contribution in [0.5, 0.6) is 0 Å². The minimum atomic E-state index is -4.08. The van der Waals surface area contributed by atoms with Crippen LogP contribution in [0.2, 0.25) is 0 Å². The molecule has 3 rings (SSSR count). The maximum absolute atomic E-state index is 13.9. The summed E-state index contributed by atoms with van der Waals surface area (Å²) in [6.45, 7) is 0.158. The molecule has 0 aliphatic carbocycles. The second-order valence-electron chi connectivity index (χ2n) is 4.79. The average molecular weight is 310 g/mol. The summed E-state index contributed by atoms with van der Waals surface area (Å²) in [5, 5.41) is 0. The third-order valence-corrected chi connectivity index (χ3v) is 5.27. The maximum Gasteiger partial charge on any atom is 0.267 e. The van der Waals surface area contributed by atoms with Gasteiger partial charge in [0.25, 0.3) is 10.0 Å². The van der Waals surface area contributed by atoms with Gasteiger partial charge < -0.3 is 5.73 Å². The molecule has 2 aromatic carbocycles. The Kier molecular flexibility index (Phi) is 3.09. The zero-order valence-electron chi connectivity index (χ0n) is 10.9. The highest BCUT2D eigenvalue weighted by Gasteiger charge is 2.33. The van der Waals surface area contributed by atoms with Crippen LogP contribution in [0.15, 0.2) is 41.3 Å². The van der Waals surface area contributed by atoms with Gasteiger partial charge in [-0.15, -0.1) is 0 Å². The molecule has 0 atom stereocenters. The van der Waals surface area contributed by atoms with Gasteiger partial charge >= 0.3 is 0 Å². The van der Waals surface area contributed by atoms with E-state index in [0.717, 1.165) is 28.1 Å². The van der Waals surface area contributed by atoms with Crippen molar-refractivity contribution in [2.45, 2.75) is 11.3 Å². The number of halogens is 2. The van der Waals surface area contributed by atoms with Crippen LogP contribution < -0.4 is 10.0 Å². The molecule has 0 amide bonds. The molecule has 0 fully saturated rings. The predicted octanol–water partition coefficient (Wildman–Crippen LogP) is 2.30. The standard InChI is InChI=1S/C14H12F2N2O2S/c15-10-2-1-9-5-6-18(13(9)7-10)21(19,20)14-4-3-11(17)8-12(14)16/h1-4,7-8H,5-6,17H2. The number of nitrogens with zero attached hydrogens (tertiary/aromatic N) is 1. The van der Waals surface area contributed by atoms with Crippen molar-refractivity contribution < 1.29 is 17.2 Å². The normalized spacial score (nSPS) is 14.3. The lowest BCUT2D eigenvalue weighted by atomic mass is 10.2. The van der Waals surface area contributed by atoms with E-state index >= 15 is 0 Å². The van der Waals surface area contributed by atoms with E-state index in [4.69, 9.17) is 5.73 Å². The highest BCUT2D eigenvalue weighted by molar-refractivity contribution is 7.92. The highest BCUT2D eigenvalue weighted by atomic mass is 32.2. The number of nitrogen functional groups attached to an aromatic ring is 1. The number of hydrogen-bond acceptors (Lipinski definition) is 3. The maximum atomic E-state index is 13.9. The quantitative estimate of drug-likeness (QED) is 0.866. The van der Waals surface area contributed by atoms with Crippen LogP contribution in [0, 0.1) is 11.6 Å². The van der Waals surface area contributed by atoms with E-state index in [0.29, 0.717) is 6.42 Å². The summed E-state index contributed by atoms with van der Waals surface area (Å²) in [6, 6.07) is 7.36. The monoisotopic (exact) mass is 310 g/mol. The molecular weight excluding hydrogens is 298 g/mol. The minimum Gasteiger partial charge on any atom is -0.399 e. The zero-order valence-corrected chi connectivity index (χ0v) is 11.7. The smallest absolute Gasteiger partial charge is 0.267 e. The number of nitrogens with two attached hydrogens (primary N) is 1. The van der Waals surface area contributed by atoms with Crippen molar-refractivity contribution in [3.05, 3.63) is 53.6 Å². The molecule has 0 unspecified atom stereocenters. The van der Waals surface area contributed by atoms with Crippen molar-refractivity contribution in [1.29, 1.82) is 0 Å². The van der Waals surface area contributed by atoms with Crippen molar-refractivity contribution in [2.24, 2.45) is 0 Å². The summed E-state index contributed by atoms with van der Waals surface area (Å²) in [4.78, 5) is -0.464. The molecule has 21 heavy (non-hydrogen) atoms. The van der Waals surface area contributed by atoms with E-state index in [1.165, 1.54) is 12.1 Å². The lowest BCUT2D eigenvalue weighted by molar-refractivity contribution is 0.565. The Morgan fingerprint density at radius 1 is 1.10 bits per heavy atom. The summed E-state index contributed by atoms with van der Waals surface area (Å²) >= 11 is 0. The van der Waals surface area contributed by atoms with Crippen molar-refractivity contribution in [3.8, 4) is 0 Å². The van der Waals surface area contributed by atoms with E-state index in [1.54, 1.807) is 6.07 Å². The van der Waals surface area contributed by atoms with Crippen molar-refractivity contribution in [3.63, 3.8) is 0 Å². The van der Waals surface area contributed by atoms with E-state index in [1.807, 2.05) is 0 Å². The Hall–Kier alpha value is -2.15. The molecule has 0 spiro atoms. The van der Waals surface area contributed by atoms with Gasteiger partial charge in [0, 0.05) is 12.2 Å². The van der Waals surface area contributed by atoms with Crippen LogP contribution in [-0.2, 0) is 16.4 Å². The molecule has 2 aromatic rings. The molecule has 0 aromatic heterocycles. The summed E-state index contributed by atoms with van der Waals surface area (Å²) in [5.74, 6) is -1.45. The summed E-state index contributed by atoms with van der Waals surface area (Å²) in [5.41, 5.74) is 6.54. The molecule has 1 aliphatic heterocycles. The first kappa shape index (κ1) is 13.8. The Labute approximate surface area is 120 Å². The van der Waals surface area contributed by atoms with Crippen LogP contribution in [0.4, 0.5) is 20.2 Å². The molecule has 0 saturated carbocycles. The zero-order chi connectivity index (χ0) is 15.2. The summed E-state index contributed by atoms with van der Waals surface area (Å²) in [7, 11) is -4.08. The SMILES string of the molecule is Nc1ccc(S(=O)(=O)N2CCc3ccc(F)cc32)c(F)c1. The van der Waals surface area contributed by atoms with E-state index in [-0.39, 0.29) is 17.9 Å². The molecule has 0 radical (unpaired) electrons. The van der Waals surface area contributed by atoms with Gasteiger partial charge in [-0.05, 0) is 42.3 Å². The average Bonchev–Trinajstić information content (AvgIpc) is 2.81. The fourth-order valence-electron chi connectivity index (χ4n) is 2.42. The number of rotatable bonds is 2. The number of benzene rings is 2. The van der Waals surface area contributed by atoms with Crippen LogP contribution in [0.25, 0.3) is 0 Å². The fraction of sp³-hybridized carbons (Fsp3) is 0.143. The highest BCUT2D eigenvalue weighted by Crippen LogP contribution is 2.34. The molecule has 1 heterocycles. The minimum absolute atomic E-state index is 0.138. The van der Waals surface area contributed by atoms with Crippen molar-refractivity contribution >= 4 is 21.4 Å². The molecule has 0 saturated heterocycles. The summed E-state index contributed by atoms with van der Waals surface area (Å²) < 4.78 is 53.4. The lowest BCUT2D eigenvalue weighted by Crippen LogP contribution is -2.29. The third-order valence-electron chi connectivity index (χ3n) is 3.42. The predicted molar refractivity (Wildman–Crippen MR) is 75.4 cm³/mol. The Morgan fingerprint density at radius 2 is 1.86 bits per heavy atom. The second kappa shape index (κ2) is 4.70. The van der Waals surface area contributed by atoms with Crippen LogP contribution >= 0.6 is 0 Å². The Balaban J connectivity index is 2.11. The van der Waals surface area contributed by atoms with Gasteiger partial charge in [0.2, 0.25) is 0 Å². The first-order valence-corrected chi connectivity index (χ1v) is 7.70. The van der Waals surface area contributed by atoms with Crippen LogP contribution in [0.1, 0.15) is 5.56 Å². The molecule has 7 heteroatoms. The topological polar surface area (TPSA) is 63.4 Å². The van der Waals surface area contributed by atoms with Gasteiger partial charge in [0.15, 0.2) is 0 Å². The van der Waals surface area contributed by atoms with Crippen LogP contribution in [-0.4, -0.2) is 15.0 Å². The van der Waals surface area contributed by atoms with Gasteiger partial charge in [-0.2, -0.15) is 0 Å². The van der Waals surface area contributed by atoms with Crippen molar-refractivity contribution in [1.82, 2.24) is 0 Å². The molecule has 0 bridgehead atoms. The molecular formula is C14H12F2N2O2S. The van der Waals surface area contributed by atoms with Gasteiger partial charge in [0.1, 0.15) is 16.5 Å². The van der Waals surface area contributed by atoms with Gasteiger partial charge in [0.05, 0.1) is 5.69 Å². The fourth-order valence-corrected chi connectivity index (χ4v) is 3.96. The van der Waals surface area contributed by atoms with Gasteiger partial charge in [-0.1, -0.05) is 6.07 Å². The molecule has 2 N–H and O–H groups in total. The second-order valence-corrected chi connectivity index (χ2v) is 6.62. The van der Waals surface area contributed by atoms with Crippen molar-refractivity contribution in [2.75, 3.05) is 16.6 Å². The number of anilines is 2. The number of fused-ring (bicyclic) bond motifs is 1. The van der Waals surface area contributed by atoms with Gasteiger partial charge in [-0.25, -0.2) is 17.2 Å². The van der Waals surface area contributed by atoms with E-state index in [9.17, 15) is 17.2 Å². The van der Waals surface area contributed by atoms with Gasteiger partial charge in [-0.3, -0.25) is 4.31 Å². The van der Waals surface area contributed by atoms with E-state index < -0.39 is 26.6 Å². The van der Waals surface area contributed by atoms with E-state index in [2.05, 4.69) is 0 Å². The molecule has 1 aliphatic rings. The number of hydrogen-bond donors (Lipinski definition) is 1. The first-order valence-electron chi connectivity index (χ1n) is 6.26. The Morgan fingerprint density at radius 3 is 2.57 bits per heavy atom. The molecule has 110 valence electrons. The number of sulfonamides is 1. The molecule has 4 nitrogen and oxygen atoms in total. The third kappa shape index (κ3) is 2.23. The Bertz CT molecular complexity index is 822. The largest absolute Gasteiger partial charge is 0.399 e. The first-order chi connectivity index (χ1) is 9.89. The summed E-state index contributed by atoms with van der Waals surface area (Å²) in [6.07, 6.45) is 0.464. The van der Waals surface area contributed by atoms with Crippen LogP contribution in [0.3, 0.4) is 0 Å². The lowest BCUT2D eigenvalue weighted by Gasteiger charge is -2.20.